The molecular formula is C22H21I. The molecule has 1 heteroatoms. The van der Waals surface area contributed by atoms with Gasteiger partial charge in [-0.1, -0.05) is 91.9 Å². The normalized spacial score (nSPS) is 18.1. The van der Waals surface area contributed by atoms with Crippen molar-refractivity contribution in [3.63, 3.8) is 0 Å². The Labute approximate surface area is 152 Å². The van der Waals surface area contributed by atoms with Gasteiger partial charge < -0.3 is 0 Å². The number of allylic oxidation sites excluding steroid dienone is 6. The predicted octanol–water partition coefficient (Wildman–Crippen LogP) is 6.44. The summed E-state index contributed by atoms with van der Waals surface area (Å²) in [4.78, 5) is 0. The summed E-state index contributed by atoms with van der Waals surface area (Å²) in [6, 6.07) is 21.6. The molecule has 1 aliphatic carbocycles. The topological polar surface area (TPSA) is 0 Å². The molecule has 2 aromatic carbocycles. The molecule has 0 spiro atoms. The first kappa shape index (κ1) is 16.3. The van der Waals surface area contributed by atoms with Crippen LogP contribution in [0, 0.1) is 5.92 Å². The van der Waals surface area contributed by atoms with Crippen molar-refractivity contribution in [1.82, 2.24) is 0 Å². The van der Waals surface area contributed by atoms with Gasteiger partial charge in [0.25, 0.3) is 0 Å². The van der Waals surface area contributed by atoms with Crippen molar-refractivity contribution in [2.75, 3.05) is 0 Å². The SMILES string of the molecule is CC1C=CC(C(C)(c2ccccc2)c2ccccc2)=CC=C1I. The number of hydrogen-bond acceptors (Lipinski definition) is 0. The van der Waals surface area contributed by atoms with Gasteiger partial charge >= 0.3 is 0 Å². The van der Waals surface area contributed by atoms with Gasteiger partial charge in [-0.15, -0.1) is 0 Å². The van der Waals surface area contributed by atoms with E-state index < -0.39 is 0 Å². The van der Waals surface area contributed by atoms with Crippen molar-refractivity contribution >= 4 is 22.6 Å². The molecule has 0 saturated heterocycles. The maximum absolute atomic E-state index is 2.44. The van der Waals surface area contributed by atoms with Gasteiger partial charge in [0.05, 0.1) is 0 Å². The molecule has 1 unspecified atom stereocenters. The first-order valence-electron chi connectivity index (χ1n) is 7.99. The van der Waals surface area contributed by atoms with Crippen molar-refractivity contribution in [3.8, 4) is 0 Å². The summed E-state index contributed by atoms with van der Waals surface area (Å²) in [7, 11) is 0. The fourth-order valence-corrected chi connectivity index (χ4v) is 3.48. The van der Waals surface area contributed by atoms with E-state index in [-0.39, 0.29) is 5.41 Å². The molecule has 0 N–H and O–H groups in total. The van der Waals surface area contributed by atoms with E-state index in [0.717, 1.165) is 0 Å². The monoisotopic (exact) mass is 412 g/mol. The first-order chi connectivity index (χ1) is 11.1. The van der Waals surface area contributed by atoms with Crippen LogP contribution in [0.15, 0.2) is 94.1 Å². The number of benzene rings is 2. The molecule has 1 atom stereocenters. The summed E-state index contributed by atoms with van der Waals surface area (Å²) < 4.78 is 1.37. The Bertz CT molecular complexity index is 712. The van der Waals surface area contributed by atoms with Gasteiger partial charge in [0.1, 0.15) is 0 Å². The van der Waals surface area contributed by atoms with Gasteiger partial charge in [-0.3, -0.25) is 0 Å². The third-order valence-corrected chi connectivity index (χ3v) is 6.04. The Morgan fingerprint density at radius 3 is 1.87 bits per heavy atom. The summed E-state index contributed by atoms with van der Waals surface area (Å²) in [5.74, 6) is 0.472. The van der Waals surface area contributed by atoms with Gasteiger partial charge in [0, 0.05) is 11.3 Å². The van der Waals surface area contributed by atoms with Crippen molar-refractivity contribution in [2.45, 2.75) is 19.3 Å². The average molecular weight is 412 g/mol. The Hall–Kier alpha value is -1.61. The lowest BCUT2D eigenvalue weighted by atomic mass is 9.70. The fraction of sp³-hybridized carbons (Fsp3) is 0.182. The Balaban J connectivity index is 2.20. The van der Waals surface area contributed by atoms with Crippen LogP contribution in [0.5, 0.6) is 0 Å². The lowest BCUT2D eigenvalue weighted by molar-refractivity contribution is 0.690. The van der Waals surface area contributed by atoms with Crippen LogP contribution in [-0.2, 0) is 5.41 Å². The Morgan fingerprint density at radius 2 is 1.35 bits per heavy atom. The zero-order valence-corrected chi connectivity index (χ0v) is 15.7. The highest BCUT2D eigenvalue weighted by atomic mass is 127. The largest absolute Gasteiger partial charge is 0.0765 e. The third kappa shape index (κ3) is 3.20. The van der Waals surface area contributed by atoms with Crippen molar-refractivity contribution < 1.29 is 0 Å². The van der Waals surface area contributed by atoms with Crippen LogP contribution in [0.1, 0.15) is 25.0 Å². The molecule has 3 rings (SSSR count). The quantitative estimate of drug-likeness (QED) is 0.509. The van der Waals surface area contributed by atoms with Crippen molar-refractivity contribution in [2.24, 2.45) is 5.92 Å². The number of hydrogen-bond donors (Lipinski definition) is 0. The van der Waals surface area contributed by atoms with Crippen LogP contribution in [0.3, 0.4) is 0 Å². The van der Waals surface area contributed by atoms with E-state index in [1.807, 2.05) is 0 Å². The number of rotatable bonds is 3. The summed E-state index contributed by atoms with van der Waals surface area (Å²) in [5, 5.41) is 0. The second-order valence-electron chi connectivity index (χ2n) is 6.18. The summed E-state index contributed by atoms with van der Waals surface area (Å²) in [6.45, 7) is 4.57. The zero-order chi connectivity index (χ0) is 16.3. The summed E-state index contributed by atoms with van der Waals surface area (Å²) in [6.07, 6.45) is 9.14. The smallest absolute Gasteiger partial charge is 0.0423 e. The highest BCUT2D eigenvalue weighted by Crippen LogP contribution is 2.41. The summed E-state index contributed by atoms with van der Waals surface area (Å²) >= 11 is 2.44. The zero-order valence-electron chi connectivity index (χ0n) is 13.5. The van der Waals surface area contributed by atoms with E-state index in [0.29, 0.717) is 5.92 Å². The summed E-state index contributed by atoms with van der Waals surface area (Å²) in [5.41, 5.74) is 3.81. The molecule has 0 bridgehead atoms. The molecular weight excluding hydrogens is 391 g/mol. The second kappa shape index (κ2) is 6.88. The van der Waals surface area contributed by atoms with Gasteiger partial charge in [-0.05, 0) is 49.8 Å². The predicted molar refractivity (Wildman–Crippen MR) is 108 cm³/mol. The van der Waals surface area contributed by atoms with E-state index in [1.54, 1.807) is 0 Å². The maximum atomic E-state index is 2.44. The van der Waals surface area contributed by atoms with Crippen LogP contribution in [-0.4, -0.2) is 0 Å². The molecule has 0 heterocycles. The van der Waals surface area contributed by atoms with Crippen LogP contribution >= 0.6 is 22.6 Å². The Kier molecular flexibility index (Phi) is 4.86. The molecule has 0 saturated carbocycles. The first-order valence-corrected chi connectivity index (χ1v) is 9.07. The van der Waals surface area contributed by atoms with Gasteiger partial charge in [-0.2, -0.15) is 0 Å². The molecule has 0 aromatic heterocycles. The minimum absolute atomic E-state index is 0.156. The maximum Gasteiger partial charge on any atom is 0.0423 e. The number of halogens is 1. The van der Waals surface area contributed by atoms with E-state index in [2.05, 4.69) is 121 Å². The van der Waals surface area contributed by atoms with Crippen LogP contribution in [0.4, 0.5) is 0 Å². The molecule has 0 fully saturated rings. The average Bonchev–Trinajstić information content (AvgIpc) is 2.78. The molecule has 0 nitrogen and oxygen atoms in total. The minimum atomic E-state index is -0.156. The van der Waals surface area contributed by atoms with E-state index >= 15 is 0 Å². The van der Waals surface area contributed by atoms with Crippen molar-refractivity contribution in [3.05, 3.63) is 105 Å². The molecule has 116 valence electrons. The fourth-order valence-electron chi connectivity index (χ4n) is 3.09. The lowest BCUT2D eigenvalue weighted by Gasteiger charge is -2.32. The highest BCUT2D eigenvalue weighted by Gasteiger charge is 2.32. The van der Waals surface area contributed by atoms with E-state index in [1.165, 1.54) is 20.3 Å². The molecule has 2 aromatic rings. The lowest BCUT2D eigenvalue weighted by Crippen LogP contribution is -2.25. The van der Waals surface area contributed by atoms with Crippen LogP contribution < -0.4 is 0 Å². The van der Waals surface area contributed by atoms with Gasteiger partial charge in [-0.25, -0.2) is 0 Å². The van der Waals surface area contributed by atoms with Crippen LogP contribution in [0.25, 0.3) is 0 Å². The molecule has 23 heavy (non-hydrogen) atoms. The highest BCUT2D eigenvalue weighted by molar-refractivity contribution is 14.1. The molecule has 0 aliphatic heterocycles. The van der Waals surface area contributed by atoms with Crippen molar-refractivity contribution in [1.29, 1.82) is 0 Å². The van der Waals surface area contributed by atoms with Gasteiger partial charge in [0.2, 0.25) is 0 Å². The van der Waals surface area contributed by atoms with Crippen LogP contribution in [0.2, 0.25) is 0 Å². The molecule has 0 radical (unpaired) electrons. The van der Waals surface area contributed by atoms with Gasteiger partial charge in [0.15, 0.2) is 0 Å². The standard InChI is InChI=1S/C22H21I/c1-17-13-14-20(15-16-21(17)23)22(2,18-9-5-3-6-10-18)19-11-7-4-8-12-19/h3-17H,1-2H3. The minimum Gasteiger partial charge on any atom is -0.0765 e. The van der Waals surface area contributed by atoms with E-state index in [4.69, 9.17) is 0 Å². The van der Waals surface area contributed by atoms with E-state index in [9.17, 15) is 0 Å². The molecule has 0 amide bonds. The third-order valence-electron chi connectivity index (χ3n) is 4.70. The molecule has 1 aliphatic rings. The Morgan fingerprint density at radius 1 is 0.826 bits per heavy atom. The second-order valence-corrected chi connectivity index (χ2v) is 7.42.